The number of hydrogen-bond acceptors (Lipinski definition) is 5. The maximum atomic E-state index is 5.53. The molecule has 4 rings (SSSR count). The second kappa shape index (κ2) is 5.20. The van der Waals surface area contributed by atoms with Crippen LogP contribution in [0.3, 0.4) is 0 Å². The lowest BCUT2D eigenvalue weighted by Crippen LogP contribution is -2.33. The van der Waals surface area contributed by atoms with Gasteiger partial charge in [0.05, 0.1) is 24.4 Å². The Morgan fingerprint density at radius 1 is 1.29 bits per heavy atom. The molecule has 0 radical (unpaired) electrons. The summed E-state index contributed by atoms with van der Waals surface area (Å²) in [6.07, 6.45) is 10.1. The number of nitrogens with one attached hydrogen (secondary N) is 1. The van der Waals surface area contributed by atoms with Crippen molar-refractivity contribution in [2.45, 2.75) is 38.3 Å². The molecule has 108 valence electrons. The summed E-state index contributed by atoms with van der Waals surface area (Å²) < 4.78 is 5.53. The summed E-state index contributed by atoms with van der Waals surface area (Å²) in [5, 5.41) is 7.97. The van der Waals surface area contributed by atoms with Crippen LogP contribution in [0.1, 0.15) is 31.4 Å². The van der Waals surface area contributed by atoms with Gasteiger partial charge in [0, 0.05) is 6.04 Å². The SMILES string of the molecule is c1coc(CN(c2ncnc3[nH]ncc23)C2CCCC2)c1. The summed E-state index contributed by atoms with van der Waals surface area (Å²) in [6.45, 7) is 0.731. The Labute approximate surface area is 122 Å². The normalized spacial score (nSPS) is 15.8. The Balaban J connectivity index is 1.75. The number of rotatable bonds is 4. The van der Waals surface area contributed by atoms with Crippen molar-refractivity contribution in [1.29, 1.82) is 0 Å². The molecular formula is C15H17N5O. The van der Waals surface area contributed by atoms with Gasteiger partial charge in [-0.05, 0) is 25.0 Å². The van der Waals surface area contributed by atoms with Gasteiger partial charge < -0.3 is 9.32 Å². The topological polar surface area (TPSA) is 70.8 Å². The predicted molar refractivity (Wildman–Crippen MR) is 78.8 cm³/mol. The van der Waals surface area contributed by atoms with Gasteiger partial charge in [0.15, 0.2) is 5.65 Å². The molecule has 0 unspecified atom stereocenters. The maximum Gasteiger partial charge on any atom is 0.160 e. The van der Waals surface area contributed by atoms with Crippen molar-refractivity contribution in [3.63, 3.8) is 0 Å². The first kappa shape index (κ1) is 12.4. The zero-order valence-electron chi connectivity index (χ0n) is 11.7. The number of aromatic amines is 1. The fourth-order valence-corrected chi connectivity index (χ4v) is 3.14. The molecule has 6 nitrogen and oxygen atoms in total. The lowest BCUT2D eigenvalue weighted by Gasteiger charge is -2.29. The smallest absolute Gasteiger partial charge is 0.160 e. The van der Waals surface area contributed by atoms with Crippen LogP contribution < -0.4 is 4.90 Å². The molecule has 1 saturated carbocycles. The molecule has 0 amide bonds. The molecule has 0 aromatic carbocycles. The minimum atomic E-state index is 0.503. The van der Waals surface area contributed by atoms with E-state index in [9.17, 15) is 0 Å². The van der Waals surface area contributed by atoms with E-state index in [1.807, 2.05) is 12.1 Å². The van der Waals surface area contributed by atoms with Gasteiger partial charge in [-0.15, -0.1) is 0 Å². The van der Waals surface area contributed by atoms with Crippen molar-refractivity contribution >= 4 is 16.9 Å². The van der Waals surface area contributed by atoms with Crippen LogP contribution in [0, 0.1) is 0 Å². The quantitative estimate of drug-likeness (QED) is 0.797. The fraction of sp³-hybridized carbons (Fsp3) is 0.400. The average molecular weight is 283 g/mol. The van der Waals surface area contributed by atoms with Crippen molar-refractivity contribution in [1.82, 2.24) is 20.2 Å². The Hall–Kier alpha value is -2.37. The van der Waals surface area contributed by atoms with Crippen LogP contribution in [0.2, 0.25) is 0 Å². The Bertz CT molecular complexity index is 715. The van der Waals surface area contributed by atoms with Gasteiger partial charge >= 0.3 is 0 Å². The van der Waals surface area contributed by atoms with E-state index in [4.69, 9.17) is 4.42 Å². The van der Waals surface area contributed by atoms with Crippen molar-refractivity contribution in [2.75, 3.05) is 4.90 Å². The molecule has 3 aromatic rings. The molecule has 0 bridgehead atoms. The van der Waals surface area contributed by atoms with E-state index in [0.717, 1.165) is 29.2 Å². The van der Waals surface area contributed by atoms with Crippen molar-refractivity contribution < 1.29 is 4.42 Å². The van der Waals surface area contributed by atoms with Crippen molar-refractivity contribution in [2.24, 2.45) is 0 Å². The lowest BCUT2D eigenvalue weighted by molar-refractivity contribution is 0.482. The summed E-state index contributed by atoms with van der Waals surface area (Å²) in [5.74, 6) is 1.90. The minimum absolute atomic E-state index is 0.503. The third-order valence-corrected chi connectivity index (χ3v) is 4.17. The standard InChI is InChI=1S/C15H17N5O/c1-2-5-11(4-1)20(9-12-6-3-7-21-12)15-13-8-18-19-14(13)16-10-17-15/h3,6-8,10-11H,1-2,4-5,9H2,(H,16,17,18,19). The van der Waals surface area contributed by atoms with Crippen LogP contribution in [0.5, 0.6) is 0 Å². The minimum Gasteiger partial charge on any atom is -0.467 e. The number of fused-ring (bicyclic) bond motifs is 1. The zero-order valence-corrected chi connectivity index (χ0v) is 11.7. The van der Waals surface area contributed by atoms with Crippen LogP contribution in [0.4, 0.5) is 5.82 Å². The number of furan rings is 1. The third kappa shape index (κ3) is 2.26. The second-order valence-corrected chi connectivity index (χ2v) is 5.48. The van der Waals surface area contributed by atoms with Gasteiger partial charge in [-0.1, -0.05) is 12.8 Å². The highest BCUT2D eigenvalue weighted by Crippen LogP contribution is 2.31. The van der Waals surface area contributed by atoms with Crippen LogP contribution in [0.25, 0.3) is 11.0 Å². The number of nitrogens with zero attached hydrogens (tertiary/aromatic N) is 4. The number of anilines is 1. The number of hydrogen-bond donors (Lipinski definition) is 1. The van der Waals surface area contributed by atoms with E-state index in [1.54, 1.807) is 18.8 Å². The highest BCUT2D eigenvalue weighted by Gasteiger charge is 2.26. The van der Waals surface area contributed by atoms with Gasteiger partial charge in [0.2, 0.25) is 0 Å². The zero-order chi connectivity index (χ0) is 14.1. The summed E-state index contributed by atoms with van der Waals surface area (Å²) in [7, 11) is 0. The first-order valence-electron chi connectivity index (χ1n) is 7.35. The summed E-state index contributed by atoms with van der Waals surface area (Å²) in [5.41, 5.74) is 0.780. The molecule has 0 spiro atoms. The van der Waals surface area contributed by atoms with Gasteiger partial charge in [-0.3, -0.25) is 5.10 Å². The molecule has 1 aliphatic carbocycles. The van der Waals surface area contributed by atoms with Crippen molar-refractivity contribution in [3.8, 4) is 0 Å². The average Bonchev–Trinajstić information content (AvgIpc) is 3.24. The van der Waals surface area contributed by atoms with E-state index in [0.29, 0.717) is 6.04 Å². The van der Waals surface area contributed by atoms with Crippen LogP contribution in [-0.4, -0.2) is 26.2 Å². The molecule has 3 heterocycles. The molecule has 0 saturated heterocycles. The molecule has 0 aliphatic heterocycles. The van der Waals surface area contributed by atoms with Gasteiger partial charge in [0.1, 0.15) is 17.9 Å². The molecule has 0 atom stereocenters. The Morgan fingerprint density at radius 2 is 2.19 bits per heavy atom. The third-order valence-electron chi connectivity index (χ3n) is 4.17. The van der Waals surface area contributed by atoms with E-state index in [1.165, 1.54) is 25.7 Å². The summed E-state index contributed by atoms with van der Waals surface area (Å²) in [4.78, 5) is 11.1. The first-order valence-corrected chi connectivity index (χ1v) is 7.35. The molecule has 21 heavy (non-hydrogen) atoms. The monoisotopic (exact) mass is 283 g/mol. The molecule has 1 N–H and O–H groups in total. The van der Waals surface area contributed by atoms with Gasteiger partial charge in [-0.25, -0.2) is 9.97 Å². The number of H-pyrrole nitrogens is 1. The van der Waals surface area contributed by atoms with E-state index < -0.39 is 0 Å². The maximum absolute atomic E-state index is 5.53. The second-order valence-electron chi connectivity index (χ2n) is 5.48. The van der Waals surface area contributed by atoms with Crippen LogP contribution in [0.15, 0.2) is 35.3 Å². The molecule has 1 aliphatic rings. The first-order chi connectivity index (χ1) is 10.4. The fourth-order valence-electron chi connectivity index (χ4n) is 3.14. The lowest BCUT2D eigenvalue weighted by atomic mass is 10.2. The van der Waals surface area contributed by atoms with Crippen LogP contribution in [-0.2, 0) is 6.54 Å². The molecule has 3 aromatic heterocycles. The van der Waals surface area contributed by atoms with E-state index in [2.05, 4.69) is 25.1 Å². The highest BCUT2D eigenvalue weighted by atomic mass is 16.3. The summed E-state index contributed by atoms with van der Waals surface area (Å²) >= 11 is 0. The largest absolute Gasteiger partial charge is 0.467 e. The Morgan fingerprint density at radius 3 is 3.00 bits per heavy atom. The predicted octanol–water partition coefficient (Wildman–Crippen LogP) is 2.90. The summed E-state index contributed by atoms with van der Waals surface area (Å²) in [6, 6.07) is 4.44. The Kier molecular flexibility index (Phi) is 3.06. The van der Waals surface area contributed by atoms with Crippen molar-refractivity contribution in [3.05, 3.63) is 36.7 Å². The van der Waals surface area contributed by atoms with Gasteiger partial charge in [0.25, 0.3) is 0 Å². The van der Waals surface area contributed by atoms with Crippen LogP contribution >= 0.6 is 0 Å². The van der Waals surface area contributed by atoms with E-state index >= 15 is 0 Å². The van der Waals surface area contributed by atoms with E-state index in [-0.39, 0.29) is 0 Å². The molecular weight excluding hydrogens is 266 g/mol. The highest BCUT2D eigenvalue weighted by molar-refractivity contribution is 5.86. The molecule has 1 fully saturated rings. The number of aromatic nitrogens is 4. The molecule has 6 heteroatoms. The van der Waals surface area contributed by atoms with Gasteiger partial charge in [-0.2, -0.15) is 5.10 Å².